The summed E-state index contributed by atoms with van der Waals surface area (Å²) < 4.78 is 5.75. The molecular weight excluding hydrogens is 312 g/mol. The van der Waals surface area contributed by atoms with Crippen molar-refractivity contribution in [3.63, 3.8) is 0 Å². The maximum atomic E-state index is 11.9. The highest BCUT2D eigenvalue weighted by atomic mass is 79.9. The van der Waals surface area contributed by atoms with E-state index in [1.165, 1.54) is 6.92 Å². The molecule has 0 unspecified atom stereocenters. The monoisotopic (exact) mass is 326 g/mol. The van der Waals surface area contributed by atoms with E-state index >= 15 is 0 Å². The fourth-order valence-corrected chi connectivity index (χ4v) is 1.66. The molecule has 1 aromatic carbocycles. The molecule has 19 heavy (non-hydrogen) atoms. The van der Waals surface area contributed by atoms with Crippen LogP contribution in [-0.2, 0) is 9.53 Å². The summed E-state index contributed by atoms with van der Waals surface area (Å²) in [7, 11) is 0. The van der Waals surface area contributed by atoms with Gasteiger partial charge < -0.3 is 15.8 Å². The van der Waals surface area contributed by atoms with E-state index in [2.05, 4.69) is 27.8 Å². The number of carbonyl (C=O) groups is 2. The normalized spacial score (nSPS) is 11.5. The van der Waals surface area contributed by atoms with Gasteiger partial charge in [-0.3, -0.25) is 4.79 Å². The van der Waals surface area contributed by atoms with Crippen molar-refractivity contribution in [1.29, 1.82) is 0 Å². The van der Waals surface area contributed by atoms with Gasteiger partial charge in [-0.2, -0.15) is 0 Å². The smallest absolute Gasteiger partial charge is 0.341 e. The summed E-state index contributed by atoms with van der Waals surface area (Å²) in [5, 5.41) is 2.54. The summed E-state index contributed by atoms with van der Waals surface area (Å²) in [6, 6.07) is 4.85. The number of nitrogen functional groups attached to an aromatic ring is 1. The first-order valence-corrected chi connectivity index (χ1v) is 6.39. The van der Waals surface area contributed by atoms with Crippen molar-refractivity contribution in [1.82, 2.24) is 5.32 Å². The van der Waals surface area contributed by atoms with E-state index in [4.69, 9.17) is 10.5 Å². The standard InChI is InChI=1S/C13H15BrN2O3/c1-3-6-16-12(17)8(2)19-13(18)10-7-9(14)4-5-11(10)15/h3-5,7-8H,1,6,15H2,2H3,(H,16,17)/t8-/m1/s1. The van der Waals surface area contributed by atoms with Crippen LogP contribution in [0.3, 0.4) is 0 Å². The van der Waals surface area contributed by atoms with E-state index in [1.54, 1.807) is 24.3 Å². The van der Waals surface area contributed by atoms with Crippen LogP contribution in [0.4, 0.5) is 5.69 Å². The number of benzene rings is 1. The van der Waals surface area contributed by atoms with Gasteiger partial charge in [-0.25, -0.2) is 4.79 Å². The van der Waals surface area contributed by atoms with E-state index in [9.17, 15) is 9.59 Å². The molecule has 0 spiro atoms. The molecule has 0 saturated heterocycles. The quantitative estimate of drug-likeness (QED) is 0.491. The molecule has 0 aliphatic heterocycles. The first-order chi connectivity index (χ1) is 8.95. The lowest BCUT2D eigenvalue weighted by Gasteiger charge is -2.13. The Hall–Kier alpha value is -1.82. The number of hydrogen-bond donors (Lipinski definition) is 2. The summed E-state index contributed by atoms with van der Waals surface area (Å²) in [6.45, 7) is 5.29. The average Bonchev–Trinajstić information content (AvgIpc) is 2.38. The van der Waals surface area contributed by atoms with Crippen molar-refractivity contribution in [2.24, 2.45) is 0 Å². The van der Waals surface area contributed by atoms with Crippen molar-refractivity contribution in [3.8, 4) is 0 Å². The van der Waals surface area contributed by atoms with Crippen LogP contribution in [-0.4, -0.2) is 24.5 Å². The number of hydrogen-bond acceptors (Lipinski definition) is 4. The molecule has 1 atom stereocenters. The predicted octanol–water partition coefficient (Wildman–Crippen LogP) is 1.88. The van der Waals surface area contributed by atoms with Crippen LogP contribution in [0.5, 0.6) is 0 Å². The number of esters is 1. The third-order valence-corrected chi connectivity index (χ3v) is 2.80. The molecule has 0 fully saturated rings. The second-order valence-corrected chi connectivity index (χ2v) is 4.73. The summed E-state index contributed by atoms with van der Waals surface area (Å²) in [5.41, 5.74) is 6.21. The molecule has 1 amide bonds. The second-order valence-electron chi connectivity index (χ2n) is 3.81. The summed E-state index contributed by atoms with van der Waals surface area (Å²) in [4.78, 5) is 23.4. The predicted molar refractivity (Wildman–Crippen MR) is 76.6 cm³/mol. The molecule has 0 saturated carbocycles. The Kier molecular flexibility index (Phi) is 5.57. The lowest BCUT2D eigenvalue weighted by molar-refractivity contribution is -0.128. The third kappa shape index (κ3) is 4.40. The molecule has 102 valence electrons. The van der Waals surface area contributed by atoms with Gasteiger partial charge in [0.15, 0.2) is 6.10 Å². The van der Waals surface area contributed by atoms with Gasteiger partial charge in [0.25, 0.3) is 5.91 Å². The van der Waals surface area contributed by atoms with Crippen molar-refractivity contribution in [2.45, 2.75) is 13.0 Å². The lowest BCUT2D eigenvalue weighted by Crippen LogP contribution is -2.35. The van der Waals surface area contributed by atoms with Gasteiger partial charge in [0.2, 0.25) is 0 Å². The molecule has 0 radical (unpaired) electrons. The third-order valence-electron chi connectivity index (χ3n) is 2.31. The molecule has 0 bridgehead atoms. The number of nitrogens with two attached hydrogens (primary N) is 1. The number of halogens is 1. The number of carbonyl (C=O) groups excluding carboxylic acids is 2. The maximum absolute atomic E-state index is 11.9. The van der Waals surface area contributed by atoms with Gasteiger partial charge in [-0.15, -0.1) is 6.58 Å². The Morgan fingerprint density at radius 3 is 2.89 bits per heavy atom. The number of anilines is 1. The maximum Gasteiger partial charge on any atom is 0.341 e. The molecular formula is C13H15BrN2O3. The van der Waals surface area contributed by atoms with Crippen LogP contribution in [0.2, 0.25) is 0 Å². The minimum Gasteiger partial charge on any atom is -0.449 e. The highest BCUT2D eigenvalue weighted by molar-refractivity contribution is 9.10. The van der Waals surface area contributed by atoms with Crippen molar-refractivity contribution in [2.75, 3.05) is 12.3 Å². The number of rotatable bonds is 5. The number of amides is 1. The largest absolute Gasteiger partial charge is 0.449 e. The molecule has 0 heterocycles. The van der Waals surface area contributed by atoms with Crippen LogP contribution >= 0.6 is 15.9 Å². The Balaban J connectivity index is 2.71. The number of ether oxygens (including phenoxy) is 1. The van der Waals surface area contributed by atoms with Crippen molar-refractivity contribution >= 4 is 33.5 Å². The van der Waals surface area contributed by atoms with Crippen molar-refractivity contribution in [3.05, 3.63) is 40.9 Å². The van der Waals surface area contributed by atoms with E-state index in [0.29, 0.717) is 16.7 Å². The van der Waals surface area contributed by atoms with Crippen LogP contribution < -0.4 is 11.1 Å². The van der Waals surface area contributed by atoms with E-state index in [0.717, 1.165) is 0 Å². The lowest BCUT2D eigenvalue weighted by atomic mass is 10.2. The van der Waals surface area contributed by atoms with Gasteiger partial charge in [0.1, 0.15) is 0 Å². The summed E-state index contributed by atoms with van der Waals surface area (Å²) in [6.07, 6.45) is 0.643. The Morgan fingerprint density at radius 1 is 1.58 bits per heavy atom. The fourth-order valence-electron chi connectivity index (χ4n) is 1.30. The highest BCUT2D eigenvalue weighted by Gasteiger charge is 2.19. The molecule has 5 nitrogen and oxygen atoms in total. The topological polar surface area (TPSA) is 81.4 Å². The van der Waals surface area contributed by atoms with Gasteiger partial charge in [-0.1, -0.05) is 22.0 Å². The van der Waals surface area contributed by atoms with Crippen LogP contribution in [0, 0.1) is 0 Å². The first-order valence-electron chi connectivity index (χ1n) is 5.60. The minimum atomic E-state index is -0.897. The van der Waals surface area contributed by atoms with Gasteiger partial charge in [-0.05, 0) is 25.1 Å². The molecule has 3 N–H and O–H groups in total. The van der Waals surface area contributed by atoms with Crippen LogP contribution in [0.1, 0.15) is 17.3 Å². The minimum absolute atomic E-state index is 0.220. The van der Waals surface area contributed by atoms with Crippen LogP contribution in [0.25, 0.3) is 0 Å². The molecule has 0 aliphatic rings. The summed E-state index contributed by atoms with van der Waals surface area (Å²) in [5.74, 6) is -1.03. The fraction of sp³-hybridized carbons (Fsp3) is 0.231. The van der Waals surface area contributed by atoms with E-state index < -0.39 is 12.1 Å². The zero-order chi connectivity index (χ0) is 14.4. The van der Waals surface area contributed by atoms with Crippen LogP contribution in [0.15, 0.2) is 35.3 Å². The zero-order valence-corrected chi connectivity index (χ0v) is 12.1. The van der Waals surface area contributed by atoms with Gasteiger partial charge in [0, 0.05) is 16.7 Å². The molecule has 0 aromatic heterocycles. The van der Waals surface area contributed by atoms with Gasteiger partial charge >= 0.3 is 5.97 Å². The van der Waals surface area contributed by atoms with Gasteiger partial charge in [0.05, 0.1) is 5.56 Å². The van der Waals surface area contributed by atoms with Crippen molar-refractivity contribution < 1.29 is 14.3 Å². The molecule has 1 rings (SSSR count). The highest BCUT2D eigenvalue weighted by Crippen LogP contribution is 2.19. The summed E-state index contributed by atoms with van der Waals surface area (Å²) >= 11 is 3.24. The SMILES string of the molecule is C=CCNC(=O)[C@@H](C)OC(=O)c1cc(Br)ccc1N. The Bertz CT molecular complexity index is 503. The second kappa shape index (κ2) is 6.94. The van der Waals surface area contributed by atoms with E-state index in [1.807, 2.05) is 0 Å². The van der Waals surface area contributed by atoms with E-state index in [-0.39, 0.29) is 11.5 Å². The Labute approximate surface area is 119 Å². The Morgan fingerprint density at radius 2 is 2.26 bits per heavy atom. The molecule has 1 aromatic rings. The number of nitrogens with one attached hydrogen (secondary N) is 1. The average molecular weight is 327 g/mol. The first kappa shape index (κ1) is 15.2. The molecule has 0 aliphatic carbocycles. The zero-order valence-electron chi connectivity index (χ0n) is 10.5. The molecule has 6 heteroatoms.